The smallest absolute Gasteiger partial charge is 0.228 e. The lowest BCUT2D eigenvalue weighted by atomic mass is 10.1. The number of rotatable bonds is 4. The van der Waals surface area contributed by atoms with E-state index < -0.39 is 0 Å². The van der Waals surface area contributed by atoms with E-state index >= 15 is 0 Å². The van der Waals surface area contributed by atoms with E-state index in [9.17, 15) is 4.79 Å². The second-order valence-electron chi connectivity index (χ2n) is 5.15. The molecule has 0 spiro atoms. The topological polar surface area (TPSA) is 42.0 Å². The van der Waals surface area contributed by atoms with Crippen molar-refractivity contribution >= 4 is 34.5 Å². The van der Waals surface area contributed by atoms with E-state index in [1.165, 1.54) is 0 Å². The number of amides is 1. The first-order valence-corrected chi connectivity index (χ1v) is 8.43. The fraction of sp³-hybridized carbons (Fsp3) is 0.111. The summed E-state index contributed by atoms with van der Waals surface area (Å²) in [7, 11) is 0. The number of anilines is 1. The first-order valence-electron chi connectivity index (χ1n) is 7.17. The maximum absolute atomic E-state index is 12.3. The van der Waals surface area contributed by atoms with Gasteiger partial charge in [0.2, 0.25) is 5.91 Å². The second-order valence-corrected chi connectivity index (χ2v) is 6.65. The van der Waals surface area contributed by atoms with Crippen LogP contribution in [0.3, 0.4) is 0 Å². The van der Waals surface area contributed by atoms with Crippen molar-refractivity contribution in [3.8, 4) is 11.3 Å². The van der Waals surface area contributed by atoms with Crippen LogP contribution in [0, 0.1) is 6.92 Å². The average molecular weight is 343 g/mol. The van der Waals surface area contributed by atoms with Gasteiger partial charge in [-0.25, -0.2) is 4.98 Å². The largest absolute Gasteiger partial charge is 0.325 e. The van der Waals surface area contributed by atoms with Gasteiger partial charge in [0.05, 0.1) is 22.8 Å². The van der Waals surface area contributed by atoms with Crippen molar-refractivity contribution in [2.24, 2.45) is 0 Å². The summed E-state index contributed by atoms with van der Waals surface area (Å²) in [6.45, 7) is 1.97. The Balaban J connectivity index is 1.77. The highest BCUT2D eigenvalue weighted by Gasteiger charge is 2.11. The molecule has 1 aromatic heterocycles. The molecule has 0 saturated heterocycles. The molecule has 0 bridgehead atoms. The molecule has 0 aliphatic carbocycles. The van der Waals surface area contributed by atoms with Crippen molar-refractivity contribution in [2.75, 3.05) is 5.32 Å². The van der Waals surface area contributed by atoms with Gasteiger partial charge in [-0.05, 0) is 30.7 Å². The Labute approximate surface area is 144 Å². The van der Waals surface area contributed by atoms with Gasteiger partial charge in [0.25, 0.3) is 0 Å². The van der Waals surface area contributed by atoms with Crippen LogP contribution in [0.1, 0.15) is 10.6 Å². The molecule has 5 heteroatoms. The molecule has 23 heavy (non-hydrogen) atoms. The molecule has 3 rings (SSSR count). The number of carbonyl (C=O) groups excluding carboxylic acids is 1. The number of hydrogen-bond donors (Lipinski definition) is 1. The van der Waals surface area contributed by atoms with E-state index in [1.54, 1.807) is 23.5 Å². The predicted octanol–water partition coefficient (Wildman–Crippen LogP) is 4.95. The molecular formula is C18H15ClN2OS. The fourth-order valence-electron chi connectivity index (χ4n) is 2.28. The van der Waals surface area contributed by atoms with Crippen molar-refractivity contribution < 1.29 is 4.79 Å². The van der Waals surface area contributed by atoms with Crippen LogP contribution in [0.4, 0.5) is 5.69 Å². The Morgan fingerprint density at radius 2 is 1.91 bits per heavy atom. The molecule has 0 saturated carbocycles. The molecule has 116 valence electrons. The maximum atomic E-state index is 12.3. The number of halogens is 1. The summed E-state index contributed by atoms with van der Waals surface area (Å²) in [4.78, 5) is 16.8. The van der Waals surface area contributed by atoms with Crippen molar-refractivity contribution in [3.05, 3.63) is 69.5 Å². The van der Waals surface area contributed by atoms with E-state index in [4.69, 9.17) is 11.6 Å². The van der Waals surface area contributed by atoms with E-state index in [0.717, 1.165) is 27.5 Å². The summed E-state index contributed by atoms with van der Waals surface area (Å²) in [6, 6.07) is 15.0. The van der Waals surface area contributed by atoms with Crippen LogP contribution < -0.4 is 5.32 Å². The summed E-state index contributed by atoms with van der Waals surface area (Å²) >= 11 is 7.46. The monoisotopic (exact) mass is 342 g/mol. The molecule has 0 radical (unpaired) electrons. The van der Waals surface area contributed by atoms with E-state index in [0.29, 0.717) is 11.4 Å². The predicted molar refractivity (Wildman–Crippen MR) is 96.1 cm³/mol. The Morgan fingerprint density at radius 1 is 1.17 bits per heavy atom. The lowest BCUT2D eigenvalue weighted by Gasteiger charge is -2.09. The van der Waals surface area contributed by atoms with Crippen LogP contribution in [-0.4, -0.2) is 10.9 Å². The number of thiazole rings is 1. The van der Waals surface area contributed by atoms with E-state index in [-0.39, 0.29) is 5.91 Å². The van der Waals surface area contributed by atoms with Gasteiger partial charge < -0.3 is 5.32 Å². The molecule has 0 atom stereocenters. The van der Waals surface area contributed by atoms with Crippen LogP contribution in [0.15, 0.2) is 53.9 Å². The van der Waals surface area contributed by atoms with Gasteiger partial charge in [0, 0.05) is 16.0 Å². The van der Waals surface area contributed by atoms with Crippen LogP contribution in [0.25, 0.3) is 11.3 Å². The summed E-state index contributed by atoms with van der Waals surface area (Å²) in [5.74, 6) is -0.0632. The first-order chi connectivity index (χ1) is 11.1. The van der Waals surface area contributed by atoms with E-state index in [2.05, 4.69) is 10.3 Å². The van der Waals surface area contributed by atoms with Crippen LogP contribution in [0.5, 0.6) is 0 Å². The maximum Gasteiger partial charge on any atom is 0.228 e. The van der Waals surface area contributed by atoms with Gasteiger partial charge in [0.1, 0.15) is 0 Å². The van der Waals surface area contributed by atoms with Crippen molar-refractivity contribution in [1.82, 2.24) is 4.98 Å². The number of carbonyl (C=O) groups is 1. The Kier molecular flexibility index (Phi) is 4.74. The van der Waals surface area contributed by atoms with E-state index in [1.807, 2.05) is 48.7 Å². The minimum absolute atomic E-state index is 0.0632. The quantitative estimate of drug-likeness (QED) is 0.728. The number of aromatic nitrogens is 1. The molecule has 2 aromatic carbocycles. The van der Waals surface area contributed by atoms with Crippen LogP contribution in [-0.2, 0) is 11.2 Å². The summed E-state index contributed by atoms with van der Waals surface area (Å²) < 4.78 is 0. The zero-order valence-electron chi connectivity index (χ0n) is 12.5. The zero-order valence-corrected chi connectivity index (χ0v) is 14.1. The Hall–Kier alpha value is -2.17. The number of nitrogens with zero attached hydrogens (tertiary/aromatic N) is 1. The van der Waals surface area contributed by atoms with Crippen LogP contribution >= 0.6 is 22.9 Å². The molecule has 1 N–H and O–H groups in total. The number of benzene rings is 2. The SMILES string of the molecule is Cc1nc(-c2ccccc2NC(=O)Cc2ccc(Cl)cc2)cs1. The molecule has 0 aliphatic heterocycles. The molecule has 0 fully saturated rings. The van der Waals surface area contributed by atoms with Crippen molar-refractivity contribution in [3.63, 3.8) is 0 Å². The number of aryl methyl sites for hydroxylation is 1. The third-order valence-electron chi connectivity index (χ3n) is 3.37. The third kappa shape index (κ3) is 3.97. The Morgan fingerprint density at radius 3 is 2.61 bits per heavy atom. The molecular weight excluding hydrogens is 328 g/mol. The second kappa shape index (κ2) is 6.94. The summed E-state index contributed by atoms with van der Waals surface area (Å²) in [5, 5.41) is 6.64. The minimum Gasteiger partial charge on any atom is -0.325 e. The van der Waals surface area contributed by atoms with Gasteiger partial charge in [-0.2, -0.15) is 0 Å². The van der Waals surface area contributed by atoms with Gasteiger partial charge in [-0.3, -0.25) is 4.79 Å². The molecule has 1 amide bonds. The molecule has 1 heterocycles. The highest BCUT2D eigenvalue weighted by atomic mass is 35.5. The van der Waals surface area contributed by atoms with Crippen LogP contribution in [0.2, 0.25) is 5.02 Å². The first kappa shape index (κ1) is 15.7. The van der Waals surface area contributed by atoms with Crippen molar-refractivity contribution in [1.29, 1.82) is 0 Å². The van der Waals surface area contributed by atoms with Gasteiger partial charge in [-0.1, -0.05) is 41.9 Å². The van der Waals surface area contributed by atoms with Gasteiger partial charge in [-0.15, -0.1) is 11.3 Å². The zero-order chi connectivity index (χ0) is 16.2. The van der Waals surface area contributed by atoms with Gasteiger partial charge >= 0.3 is 0 Å². The summed E-state index contributed by atoms with van der Waals surface area (Å²) in [5.41, 5.74) is 3.52. The summed E-state index contributed by atoms with van der Waals surface area (Å²) in [6.07, 6.45) is 0.307. The average Bonchev–Trinajstić information content (AvgIpc) is 2.96. The normalized spacial score (nSPS) is 10.5. The Bertz CT molecular complexity index is 827. The molecule has 3 aromatic rings. The molecule has 0 aliphatic rings. The third-order valence-corrected chi connectivity index (χ3v) is 4.40. The highest BCUT2D eigenvalue weighted by Crippen LogP contribution is 2.28. The standard InChI is InChI=1S/C18H15ClN2OS/c1-12-20-17(11-23-12)15-4-2-3-5-16(15)21-18(22)10-13-6-8-14(19)9-7-13/h2-9,11H,10H2,1H3,(H,21,22). The number of para-hydroxylation sites is 1. The fourth-order valence-corrected chi connectivity index (χ4v) is 3.02. The lowest BCUT2D eigenvalue weighted by Crippen LogP contribution is -2.15. The lowest BCUT2D eigenvalue weighted by molar-refractivity contribution is -0.115. The number of hydrogen-bond acceptors (Lipinski definition) is 3. The van der Waals surface area contributed by atoms with Gasteiger partial charge in [0.15, 0.2) is 0 Å². The minimum atomic E-state index is -0.0632. The highest BCUT2D eigenvalue weighted by molar-refractivity contribution is 7.09. The molecule has 0 unspecified atom stereocenters. The molecule has 3 nitrogen and oxygen atoms in total. The van der Waals surface area contributed by atoms with Crippen molar-refractivity contribution in [2.45, 2.75) is 13.3 Å². The number of nitrogens with one attached hydrogen (secondary N) is 1.